The lowest BCUT2D eigenvalue weighted by Crippen LogP contribution is -2.54. The zero-order valence-corrected chi connectivity index (χ0v) is 66.4. The average molecular weight is 1470 g/mol. The Morgan fingerprint density at radius 2 is 1.13 bits per heavy atom. The highest BCUT2D eigenvalue weighted by Gasteiger charge is 2.63. The first-order chi connectivity index (χ1) is 51.8. The predicted octanol–water partition coefficient (Wildman–Crippen LogP) is 20.1. The molecule has 1 amide bonds. The first kappa shape index (κ1) is 75.9. The van der Waals surface area contributed by atoms with Gasteiger partial charge in [0.25, 0.3) is 0 Å². The number of aromatic nitrogens is 4. The number of benzene rings is 4. The van der Waals surface area contributed by atoms with Gasteiger partial charge in [-0.25, -0.2) is 14.3 Å². The van der Waals surface area contributed by atoms with Crippen LogP contribution in [0.3, 0.4) is 0 Å². The summed E-state index contributed by atoms with van der Waals surface area (Å²) in [5, 5.41) is 24.4. The molecule has 4 aromatic carbocycles. The number of Topliss-reactive ketones (excluding diaryl/α,β-unsaturated/α-hetero) is 1. The zero-order chi connectivity index (χ0) is 75.6. The molecule has 0 radical (unpaired) electrons. The number of hydrogen-bond acceptors (Lipinski definition) is 13. The monoisotopic (exact) mass is 1470 g/mol. The largest absolute Gasteiger partial charge is 0.469 e. The lowest BCUT2D eigenvalue weighted by Gasteiger charge is -2.61. The fourth-order valence-corrected chi connectivity index (χ4v) is 25.2. The molecule has 578 valence electrons. The molecule has 0 bridgehead atoms. The number of rotatable bonds is 23. The van der Waals surface area contributed by atoms with Gasteiger partial charge in [-0.1, -0.05) is 132 Å². The highest BCUT2D eigenvalue weighted by atomic mass is 16.6. The number of esters is 3. The van der Waals surface area contributed by atoms with Crippen molar-refractivity contribution < 1.29 is 42.9 Å². The number of hydrogen-bond donors (Lipinski definition) is 1. The Hall–Kier alpha value is -7.49. The summed E-state index contributed by atoms with van der Waals surface area (Å²) in [7, 11) is 1.50. The molecule has 3 heterocycles. The second kappa shape index (κ2) is 30.6. The van der Waals surface area contributed by atoms with Crippen LogP contribution in [0, 0.1) is 98.6 Å². The molecular formula is C92H121N7O9. The molecule has 1 aliphatic heterocycles. The summed E-state index contributed by atoms with van der Waals surface area (Å²) in [5.74, 6) is 6.87. The van der Waals surface area contributed by atoms with Gasteiger partial charge in [0.1, 0.15) is 35.3 Å². The molecular weight excluding hydrogens is 1350 g/mol. The molecule has 9 unspecified atom stereocenters. The molecule has 9 aliphatic rings. The maximum absolute atomic E-state index is 15.0. The third-order valence-corrected chi connectivity index (χ3v) is 30.8. The minimum absolute atomic E-state index is 0.0994. The quantitative estimate of drug-likeness (QED) is 0.0474. The van der Waals surface area contributed by atoms with E-state index in [-0.39, 0.29) is 47.5 Å². The summed E-state index contributed by atoms with van der Waals surface area (Å²) in [6.07, 6.45) is 27.9. The van der Waals surface area contributed by atoms with Crippen molar-refractivity contribution >= 4 is 57.3 Å². The number of carbonyl (C=O) groups is 5. The van der Waals surface area contributed by atoms with Gasteiger partial charge in [-0.2, -0.15) is 10.2 Å². The van der Waals surface area contributed by atoms with Crippen molar-refractivity contribution in [2.75, 3.05) is 13.7 Å². The lowest BCUT2D eigenvalue weighted by molar-refractivity contribution is -0.167. The first-order valence-electron chi connectivity index (χ1n) is 41.9. The van der Waals surface area contributed by atoms with E-state index in [2.05, 4.69) is 112 Å². The van der Waals surface area contributed by atoms with Gasteiger partial charge in [0.15, 0.2) is 6.04 Å². The lowest BCUT2D eigenvalue weighted by atomic mass is 9.44. The topological polar surface area (TPSA) is 195 Å². The van der Waals surface area contributed by atoms with Crippen molar-refractivity contribution in [2.24, 2.45) is 109 Å². The van der Waals surface area contributed by atoms with Crippen molar-refractivity contribution in [2.45, 2.75) is 260 Å². The van der Waals surface area contributed by atoms with Crippen LogP contribution in [-0.4, -0.2) is 86.9 Å². The van der Waals surface area contributed by atoms with Crippen molar-refractivity contribution in [3.63, 3.8) is 0 Å². The van der Waals surface area contributed by atoms with Crippen LogP contribution in [0.15, 0.2) is 120 Å². The van der Waals surface area contributed by atoms with Gasteiger partial charge in [0.2, 0.25) is 0 Å². The Bertz CT molecular complexity index is 4350. The predicted molar refractivity (Wildman–Crippen MR) is 422 cm³/mol. The molecule has 8 fully saturated rings. The second-order valence-electron chi connectivity index (χ2n) is 37.6. The van der Waals surface area contributed by atoms with Crippen LogP contribution in [0.25, 0.3) is 38.8 Å². The smallest absolute Gasteiger partial charge is 0.407 e. The summed E-state index contributed by atoms with van der Waals surface area (Å²) < 4.78 is 28.2. The highest BCUT2D eigenvalue weighted by molar-refractivity contribution is 6.09. The Morgan fingerprint density at radius 1 is 0.602 bits per heavy atom. The van der Waals surface area contributed by atoms with Gasteiger partial charge >= 0.3 is 24.0 Å². The van der Waals surface area contributed by atoms with Crippen LogP contribution < -0.4 is 5.32 Å². The van der Waals surface area contributed by atoms with Crippen molar-refractivity contribution in [3.05, 3.63) is 126 Å². The molecule has 2 aromatic heterocycles. The van der Waals surface area contributed by atoms with Gasteiger partial charge in [-0.3, -0.25) is 9.59 Å². The van der Waals surface area contributed by atoms with Crippen LogP contribution in [0.2, 0.25) is 0 Å². The van der Waals surface area contributed by atoms with Crippen LogP contribution in [-0.2, 0) is 57.5 Å². The number of nitrogens with zero attached hydrogens (tertiary/aromatic N) is 6. The second-order valence-corrected chi connectivity index (χ2v) is 37.6. The van der Waals surface area contributed by atoms with Gasteiger partial charge in [-0.05, 0) is 285 Å². The van der Waals surface area contributed by atoms with E-state index in [1.165, 1.54) is 84.2 Å². The number of amides is 1. The summed E-state index contributed by atoms with van der Waals surface area (Å²) >= 11 is 0. The molecule has 6 aromatic rings. The standard InChI is InChI=1S/C92H121N7O9/c1-56(22-24-58(3)100)72-33-35-74-69-32-28-64-53-66(39-43-90(64,8)77(69)40-44-91(72,74)9)107-86(103)83(49-60-20-16-13-17-21-60)99-55-80(96-97-99)62-26-30-68-67-29-25-61(50-81(67)98(82(68)51-62)47-46-93-87(104)108-88(4,5)6)78-54-79(95-94-78)71(48-59-18-14-12-15-19-59)85(102)106-65-38-42-89(7)63(52-65)27-31-70-75-36-34-73(57(2)23-37-84(101)105-11)92(75,10)45-41-76(70)89/h12-21,25-26,29-30,50-51,54-57,63-66,69-77,79,83H,22-24,27-28,31-49,52-53H2,1-11H3,(H,93,104)/t56-,57-,63-,64-,65-,66-,69+,70+,71-,72?,73?,74+,75+,76?,77?,79?,83+,89?,90?,91?,92?/m1/s1. The molecule has 108 heavy (non-hydrogen) atoms. The summed E-state index contributed by atoms with van der Waals surface area (Å²) in [4.78, 5) is 67.5. The number of ether oxygens (including phenoxy) is 4. The highest BCUT2D eigenvalue weighted by Crippen LogP contribution is 2.71. The molecule has 1 N–H and O–H groups in total. The number of azo groups is 1. The van der Waals surface area contributed by atoms with E-state index >= 15 is 4.79 Å². The van der Waals surface area contributed by atoms with E-state index < -0.39 is 29.7 Å². The number of ketones is 1. The van der Waals surface area contributed by atoms with E-state index in [4.69, 9.17) is 39.5 Å². The maximum Gasteiger partial charge on any atom is 0.407 e. The Labute approximate surface area is 641 Å². The number of alkyl carbamates (subject to hydrolysis) is 1. The number of carbonyl (C=O) groups excluding carboxylic acids is 5. The molecule has 8 aliphatic carbocycles. The van der Waals surface area contributed by atoms with Gasteiger partial charge in [0.05, 0.1) is 24.9 Å². The van der Waals surface area contributed by atoms with E-state index in [1.807, 2.05) is 69.4 Å². The van der Waals surface area contributed by atoms with Crippen molar-refractivity contribution in [1.82, 2.24) is 24.9 Å². The summed E-state index contributed by atoms with van der Waals surface area (Å²) in [5.41, 5.74) is 7.33. The number of fused-ring (bicyclic) bond motifs is 13. The maximum atomic E-state index is 15.0. The van der Waals surface area contributed by atoms with Gasteiger partial charge in [0, 0.05) is 65.3 Å². The average Bonchev–Trinajstić information content (AvgIpc) is 1.40. The molecule has 21 atom stereocenters. The minimum atomic E-state index is -0.743. The van der Waals surface area contributed by atoms with Crippen LogP contribution in [0.4, 0.5) is 4.79 Å². The molecule has 8 saturated carbocycles. The molecule has 15 rings (SSSR count). The van der Waals surface area contributed by atoms with Crippen LogP contribution in [0.5, 0.6) is 0 Å². The molecule has 16 nitrogen and oxygen atoms in total. The molecule has 0 spiro atoms. The first-order valence-corrected chi connectivity index (χ1v) is 41.9. The van der Waals surface area contributed by atoms with Gasteiger partial charge < -0.3 is 33.6 Å². The fourth-order valence-electron chi connectivity index (χ4n) is 25.2. The normalized spacial score (nSPS) is 33.1. The number of methoxy groups -OCH3 is 1. The summed E-state index contributed by atoms with van der Waals surface area (Å²) in [6, 6.07) is 31.7. The van der Waals surface area contributed by atoms with E-state index in [0.29, 0.717) is 108 Å². The fraction of sp³-hybridized carbons (Fsp3) is 0.641. The summed E-state index contributed by atoms with van der Waals surface area (Å²) in [6.45, 7) is 23.2. The van der Waals surface area contributed by atoms with Crippen LogP contribution in [0.1, 0.15) is 233 Å². The van der Waals surface area contributed by atoms with E-state index in [9.17, 15) is 19.2 Å². The Kier molecular flexibility index (Phi) is 21.5. The zero-order valence-electron chi connectivity index (χ0n) is 66.4. The Balaban J connectivity index is 0.648. The minimum Gasteiger partial charge on any atom is -0.469 e. The third kappa shape index (κ3) is 14.8. The third-order valence-electron chi connectivity index (χ3n) is 30.8. The van der Waals surface area contributed by atoms with Gasteiger partial charge in [-0.15, -0.1) is 5.10 Å². The SMILES string of the molecule is COC(=O)CC[C@@H](C)C1CC[C@H]2[C@@H]3CC[C@@H]4C[C@H](OC(=O)[C@H](Cc5ccccc5)C5C=C(c6ccc7c8ccc(-c9cn([C@@H](Cc%10ccccc%10)C(=O)O[C@@H]%10CCC%11(C)C%12CCC%13(C)C([C@H](C)CCC(C)=O)CC[C@H]%13[C@@H]%12CC[C@@H]%11C%10)nn9)cc8n(CCNC(=O)OC(C)(C)C)c7c6)N=N5)CCC4(C)C3CCC12C. The molecule has 0 saturated heterocycles. The Morgan fingerprint density at radius 3 is 1.69 bits per heavy atom. The van der Waals surface area contributed by atoms with E-state index in [0.717, 1.165) is 119 Å². The van der Waals surface area contributed by atoms with Crippen molar-refractivity contribution in [1.29, 1.82) is 0 Å². The number of nitrogens with one attached hydrogen (secondary N) is 1. The molecule has 16 heteroatoms. The van der Waals surface area contributed by atoms with Crippen molar-refractivity contribution in [3.8, 4) is 11.3 Å². The van der Waals surface area contributed by atoms with E-state index in [1.54, 1.807) is 11.6 Å². The van der Waals surface area contributed by atoms with Crippen LogP contribution >= 0.6 is 0 Å².